The zero-order valence-corrected chi connectivity index (χ0v) is 12.9. The Morgan fingerprint density at radius 3 is 2.91 bits per heavy atom. The summed E-state index contributed by atoms with van der Waals surface area (Å²) in [5, 5.41) is 0. The number of aromatic nitrogens is 1. The third-order valence-electron chi connectivity index (χ3n) is 4.37. The number of nitrogens with zero attached hydrogens (tertiary/aromatic N) is 2. The van der Waals surface area contributed by atoms with E-state index in [1.807, 2.05) is 6.92 Å². The van der Waals surface area contributed by atoms with Gasteiger partial charge in [-0.3, -0.25) is 4.90 Å². The lowest BCUT2D eigenvalue weighted by atomic mass is 10.0. The topological polar surface area (TPSA) is 29.3 Å². The number of hydrogen-bond acceptors (Lipinski definition) is 3. The normalized spacial score (nSPS) is 19.5. The number of likely N-dealkylation sites (tertiary alicyclic amines) is 1. The average Bonchev–Trinajstić information content (AvgIpc) is 2.85. The molecule has 118 valence electrons. The van der Waals surface area contributed by atoms with Crippen LogP contribution in [0, 0.1) is 18.6 Å². The molecule has 1 aromatic carbocycles. The molecule has 1 aliphatic rings. The Morgan fingerprint density at radius 1 is 1.32 bits per heavy atom. The number of halogens is 2. The number of rotatable bonds is 3. The van der Waals surface area contributed by atoms with Gasteiger partial charge in [-0.2, -0.15) is 0 Å². The molecule has 2 heterocycles. The second-order valence-electron chi connectivity index (χ2n) is 5.94. The van der Waals surface area contributed by atoms with Crippen molar-refractivity contribution in [1.82, 2.24) is 9.88 Å². The Morgan fingerprint density at radius 2 is 2.14 bits per heavy atom. The highest BCUT2D eigenvalue weighted by Crippen LogP contribution is 2.27. The lowest BCUT2D eigenvalue weighted by Crippen LogP contribution is -2.37. The molecule has 0 radical (unpaired) electrons. The Kier molecular flexibility index (Phi) is 4.25. The van der Waals surface area contributed by atoms with Gasteiger partial charge in [0, 0.05) is 12.6 Å². The first-order valence-electron chi connectivity index (χ1n) is 7.71. The molecule has 22 heavy (non-hydrogen) atoms. The third kappa shape index (κ3) is 2.90. The van der Waals surface area contributed by atoms with Crippen LogP contribution in [0.5, 0.6) is 0 Å². The maximum absolute atomic E-state index is 13.9. The minimum atomic E-state index is -0.915. The monoisotopic (exact) mass is 306 g/mol. The zero-order chi connectivity index (χ0) is 15.7. The van der Waals surface area contributed by atoms with Gasteiger partial charge in [0.15, 0.2) is 11.6 Å². The lowest BCUT2D eigenvalue weighted by Gasteiger charge is -2.32. The fourth-order valence-corrected chi connectivity index (χ4v) is 2.94. The summed E-state index contributed by atoms with van der Waals surface area (Å²) in [5.74, 6) is -0.994. The number of piperidine rings is 1. The molecule has 2 aromatic rings. The van der Waals surface area contributed by atoms with Crippen LogP contribution in [-0.2, 0) is 6.54 Å². The average molecular weight is 306 g/mol. The van der Waals surface area contributed by atoms with Crippen LogP contribution < -0.4 is 0 Å². The summed E-state index contributed by atoms with van der Waals surface area (Å²) in [6.07, 6.45) is 3.63. The van der Waals surface area contributed by atoms with E-state index in [4.69, 9.17) is 4.42 Å². The van der Waals surface area contributed by atoms with E-state index < -0.39 is 11.6 Å². The van der Waals surface area contributed by atoms with E-state index in [2.05, 4.69) is 16.8 Å². The van der Waals surface area contributed by atoms with Crippen molar-refractivity contribution in [2.24, 2.45) is 0 Å². The maximum Gasteiger partial charge on any atom is 0.229 e. The second-order valence-corrected chi connectivity index (χ2v) is 5.94. The molecule has 5 heteroatoms. The number of hydrogen-bond donors (Lipinski definition) is 0. The summed E-state index contributed by atoms with van der Waals surface area (Å²) < 4.78 is 32.8. The SMILES string of the molecule is Cc1oc(-c2cccc(F)c2F)nc1CN1CCCC[C@@H]1C. The van der Waals surface area contributed by atoms with Crippen LogP contribution in [0.15, 0.2) is 22.6 Å². The molecule has 0 spiro atoms. The molecule has 0 aliphatic carbocycles. The molecule has 1 fully saturated rings. The summed E-state index contributed by atoms with van der Waals surface area (Å²) >= 11 is 0. The van der Waals surface area contributed by atoms with E-state index in [-0.39, 0.29) is 11.5 Å². The highest BCUT2D eigenvalue weighted by molar-refractivity contribution is 5.54. The molecule has 0 N–H and O–H groups in total. The second kappa shape index (κ2) is 6.16. The van der Waals surface area contributed by atoms with Gasteiger partial charge >= 0.3 is 0 Å². The van der Waals surface area contributed by atoms with Crippen LogP contribution in [0.4, 0.5) is 8.78 Å². The van der Waals surface area contributed by atoms with Crippen molar-refractivity contribution in [3.63, 3.8) is 0 Å². The van der Waals surface area contributed by atoms with E-state index in [0.29, 0.717) is 18.3 Å². The highest BCUT2D eigenvalue weighted by atomic mass is 19.2. The Balaban J connectivity index is 1.86. The number of oxazole rings is 1. The summed E-state index contributed by atoms with van der Waals surface area (Å²) in [7, 11) is 0. The van der Waals surface area contributed by atoms with Crippen LogP contribution in [0.2, 0.25) is 0 Å². The smallest absolute Gasteiger partial charge is 0.229 e. The molecule has 1 atom stereocenters. The first kappa shape index (κ1) is 15.2. The Labute approximate surface area is 129 Å². The number of benzene rings is 1. The van der Waals surface area contributed by atoms with Crippen LogP contribution in [0.3, 0.4) is 0 Å². The maximum atomic E-state index is 13.9. The van der Waals surface area contributed by atoms with Crippen LogP contribution >= 0.6 is 0 Å². The van der Waals surface area contributed by atoms with Crippen LogP contribution in [0.25, 0.3) is 11.5 Å². The number of aryl methyl sites for hydroxylation is 1. The molecule has 1 saturated heterocycles. The van der Waals surface area contributed by atoms with E-state index in [1.165, 1.54) is 31.4 Å². The third-order valence-corrected chi connectivity index (χ3v) is 4.37. The van der Waals surface area contributed by atoms with E-state index >= 15 is 0 Å². The van der Waals surface area contributed by atoms with Gasteiger partial charge in [0.25, 0.3) is 0 Å². The van der Waals surface area contributed by atoms with E-state index in [1.54, 1.807) is 0 Å². The van der Waals surface area contributed by atoms with Crippen LogP contribution in [0.1, 0.15) is 37.6 Å². The van der Waals surface area contributed by atoms with Gasteiger partial charge in [0.1, 0.15) is 5.76 Å². The molecular weight excluding hydrogens is 286 g/mol. The van der Waals surface area contributed by atoms with Gasteiger partial charge in [0.05, 0.1) is 11.3 Å². The molecular formula is C17H20F2N2O. The van der Waals surface area contributed by atoms with E-state index in [9.17, 15) is 8.78 Å². The first-order valence-corrected chi connectivity index (χ1v) is 7.71. The summed E-state index contributed by atoms with van der Waals surface area (Å²) in [5.41, 5.74) is 0.869. The van der Waals surface area contributed by atoms with Gasteiger partial charge in [-0.1, -0.05) is 12.5 Å². The minimum absolute atomic E-state index is 0.0704. The fourth-order valence-electron chi connectivity index (χ4n) is 2.94. The van der Waals surface area contributed by atoms with Crippen molar-refractivity contribution in [1.29, 1.82) is 0 Å². The molecule has 0 saturated carbocycles. The summed E-state index contributed by atoms with van der Waals surface area (Å²) in [6.45, 7) is 5.75. The fraction of sp³-hybridized carbons (Fsp3) is 0.471. The van der Waals surface area contributed by atoms with Gasteiger partial charge in [-0.25, -0.2) is 13.8 Å². The molecule has 0 bridgehead atoms. The largest absolute Gasteiger partial charge is 0.441 e. The van der Waals surface area contributed by atoms with Gasteiger partial charge in [-0.15, -0.1) is 0 Å². The predicted molar refractivity (Wildman–Crippen MR) is 80.3 cm³/mol. The lowest BCUT2D eigenvalue weighted by molar-refractivity contribution is 0.150. The molecule has 1 aromatic heterocycles. The van der Waals surface area contributed by atoms with Gasteiger partial charge in [0.2, 0.25) is 5.89 Å². The van der Waals surface area contributed by atoms with Crippen molar-refractivity contribution >= 4 is 0 Å². The quantitative estimate of drug-likeness (QED) is 0.846. The molecule has 0 amide bonds. The van der Waals surface area contributed by atoms with Crippen molar-refractivity contribution in [3.8, 4) is 11.5 Å². The standard InChI is InChI=1S/C17H20F2N2O/c1-11-6-3-4-9-21(11)10-15-12(2)22-17(20-15)13-7-5-8-14(18)16(13)19/h5,7-8,11H,3-4,6,9-10H2,1-2H3/t11-/m0/s1. The molecule has 3 rings (SSSR count). The Hall–Kier alpha value is -1.75. The van der Waals surface area contributed by atoms with Crippen molar-refractivity contribution in [2.75, 3.05) is 6.54 Å². The Bertz CT molecular complexity index is 669. The van der Waals surface area contributed by atoms with E-state index in [0.717, 1.165) is 18.3 Å². The van der Waals surface area contributed by atoms with Gasteiger partial charge < -0.3 is 4.42 Å². The molecule has 0 unspecified atom stereocenters. The van der Waals surface area contributed by atoms with Gasteiger partial charge in [-0.05, 0) is 45.4 Å². The van der Waals surface area contributed by atoms with Crippen molar-refractivity contribution < 1.29 is 13.2 Å². The molecule has 1 aliphatic heterocycles. The predicted octanol–water partition coefficient (Wildman–Crippen LogP) is 4.30. The highest BCUT2D eigenvalue weighted by Gasteiger charge is 2.22. The van der Waals surface area contributed by atoms with Crippen molar-refractivity contribution in [2.45, 2.75) is 45.7 Å². The molecule has 3 nitrogen and oxygen atoms in total. The minimum Gasteiger partial charge on any atom is -0.441 e. The first-order chi connectivity index (χ1) is 10.6. The summed E-state index contributed by atoms with van der Waals surface area (Å²) in [6, 6.07) is 4.54. The summed E-state index contributed by atoms with van der Waals surface area (Å²) in [4.78, 5) is 6.76. The van der Waals surface area contributed by atoms with Crippen molar-refractivity contribution in [3.05, 3.63) is 41.3 Å². The zero-order valence-electron chi connectivity index (χ0n) is 12.9. The van der Waals surface area contributed by atoms with Crippen LogP contribution in [-0.4, -0.2) is 22.5 Å².